The first-order chi connectivity index (χ1) is 6.18. The number of halogens is 1. The predicted octanol–water partition coefficient (Wildman–Crippen LogP) is 1.02. The van der Waals surface area contributed by atoms with Crippen molar-refractivity contribution in [3.8, 4) is 0 Å². The largest absolute Gasteiger partial charge is 0.387 e. The minimum atomic E-state index is -0.445. The van der Waals surface area contributed by atoms with Crippen LogP contribution in [0.1, 0.15) is 37.6 Å². The Kier molecular flexibility index (Phi) is 3.53. The summed E-state index contributed by atoms with van der Waals surface area (Å²) in [6.45, 7) is 1.76. The first-order valence-corrected chi connectivity index (χ1v) is 4.65. The van der Waals surface area contributed by atoms with Gasteiger partial charge in [0, 0.05) is 12.2 Å². The van der Waals surface area contributed by atoms with Gasteiger partial charge in [-0.3, -0.25) is 4.68 Å². The number of nitrogens with two attached hydrogens (primary N) is 1. The summed E-state index contributed by atoms with van der Waals surface area (Å²) in [7, 11) is 0. The lowest BCUT2D eigenvalue weighted by Gasteiger charge is -2.33. The summed E-state index contributed by atoms with van der Waals surface area (Å²) in [5, 5.41) is 13.6. The van der Waals surface area contributed by atoms with Gasteiger partial charge in [0.25, 0.3) is 0 Å². The van der Waals surface area contributed by atoms with E-state index in [1.54, 1.807) is 13.1 Å². The van der Waals surface area contributed by atoms with Crippen molar-refractivity contribution in [2.24, 2.45) is 5.73 Å². The molecule has 0 radical (unpaired) electrons. The summed E-state index contributed by atoms with van der Waals surface area (Å²) in [5.41, 5.74) is 6.58. The zero-order valence-corrected chi connectivity index (χ0v) is 8.94. The van der Waals surface area contributed by atoms with Crippen molar-refractivity contribution in [2.75, 3.05) is 0 Å². The van der Waals surface area contributed by atoms with E-state index < -0.39 is 6.10 Å². The van der Waals surface area contributed by atoms with Crippen molar-refractivity contribution < 1.29 is 5.11 Å². The molecule has 0 amide bonds. The Balaban J connectivity index is 0.000000980. The summed E-state index contributed by atoms with van der Waals surface area (Å²) >= 11 is 0. The standard InChI is InChI=1S/C9H15N3O.ClH/c1-6(13)9-2-3-11-12(9)8-4-7(10)5-8;/h2-3,6-8,13H,4-5,10H2,1H3;1H/t6-,7-,8-;/m0./s1. The van der Waals surface area contributed by atoms with Crippen LogP contribution < -0.4 is 5.73 Å². The number of aromatic nitrogens is 2. The zero-order chi connectivity index (χ0) is 9.42. The van der Waals surface area contributed by atoms with E-state index in [9.17, 15) is 5.11 Å². The smallest absolute Gasteiger partial charge is 0.0928 e. The van der Waals surface area contributed by atoms with E-state index in [-0.39, 0.29) is 12.4 Å². The topological polar surface area (TPSA) is 64.1 Å². The zero-order valence-electron chi connectivity index (χ0n) is 8.13. The fourth-order valence-electron chi connectivity index (χ4n) is 1.79. The molecule has 2 rings (SSSR count). The van der Waals surface area contributed by atoms with Gasteiger partial charge in [0.05, 0.1) is 17.8 Å². The molecule has 1 saturated carbocycles. The highest BCUT2D eigenvalue weighted by molar-refractivity contribution is 5.85. The van der Waals surface area contributed by atoms with Gasteiger partial charge in [0.2, 0.25) is 0 Å². The maximum atomic E-state index is 9.44. The van der Waals surface area contributed by atoms with E-state index in [0.29, 0.717) is 12.1 Å². The third-order valence-corrected chi connectivity index (χ3v) is 2.62. The van der Waals surface area contributed by atoms with Crippen LogP contribution in [-0.2, 0) is 0 Å². The molecule has 1 aliphatic carbocycles. The minimum Gasteiger partial charge on any atom is -0.387 e. The van der Waals surface area contributed by atoms with E-state index in [0.717, 1.165) is 18.5 Å². The Morgan fingerprint density at radius 2 is 2.29 bits per heavy atom. The number of nitrogens with zero attached hydrogens (tertiary/aromatic N) is 2. The van der Waals surface area contributed by atoms with Gasteiger partial charge < -0.3 is 10.8 Å². The molecule has 0 aliphatic heterocycles. The molecule has 1 aromatic heterocycles. The third kappa shape index (κ3) is 1.92. The minimum absolute atomic E-state index is 0. The summed E-state index contributed by atoms with van der Waals surface area (Å²) in [5.74, 6) is 0. The Hall–Kier alpha value is -0.580. The first-order valence-electron chi connectivity index (χ1n) is 4.65. The molecule has 14 heavy (non-hydrogen) atoms. The lowest BCUT2D eigenvalue weighted by molar-refractivity contribution is 0.166. The van der Waals surface area contributed by atoms with Crippen molar-refractivity contribution in [3.05, 3.63) is 18.0 Å². The second-order valence-corrected chi connectivity index (χ2v) is 3.76. The van der Waals surface area contributed by atoms with E-state index >= 15 is 0 Å². The SMILES string of the molecule is C[C@H](O)c1ccnn1[C@H]1C[C@H](N)C1.Cl. The Morgan fingerprint density at radius 3 is 2.79 bits per heavy atom. The van der Waals surface area contributed by atoms with Crippen molar-refractivity contribution >= 4 is 12.4 Å². The molecular weight excluding hydrogens is 202 g/mol. The quantitative estimate of drug-likeness (QED) is 0.778. The van der Waals surface area contributed by atoms with Gasteiger partial charge in [0.15, 0.2) is 0 Å². The van der Waals surface area contributed by atoms with Gasteiger partial charge in [-0.25, -0.2) is 0 Å². The predicted molar refractivity (Wildman–Crippen MR) is 56.4 cm³/mol. The highest BCUT2D eigenvalue weighted by atomic mass is 35.5. The molecule has 0 bridgehead atoms. The first kappa shape index (κ1) is 11.5. The molecule has 1 aliphatic rings. The molecular formula is C9H16ClN3O. The molecule has 3 N–H and O–H groups in total. The van der Waals surface area contributed by atoms with Gasteiger partial charge in [-0.15, -0.1) is 12.4 Å². The van der Waals surface area contributed by atoms with Gasteiger partial charge in [0.1, 0.15) is 0 Å². The van der Waals surface area contributed by atoms with Crippen LogP contribution in [0.3, 0.4) is 0 Å². The van der Waals surface area contributed by atoms with Crippen LogP contribution in [0.4, 0.5) is 0 Å². The number of aliphatic hydroxyl groups excluding tert-OH is 1. The normalized spacial score (nSPS) is 27.6. The van der Waals surface area contributed by atoms with Crippen LogP contribution >= 0.6 is 12.4 Å². The Bertz CT molecular complexity index is 294. The third-order valence-electron chi connectivity index (χ3n) is 2.62. The monoisotopic (exact) mass is 217 g/mol. The number of hydrogen-bond donors (Lipinski definition) is 2. The van der Waals surface area contributed by atoms with Crippen LogP contribution in [0.25, 0.3) is 0 Å². The van der Waals surface area contributed by atoms with Gasteiger partial charge in [-0.05, 0) is 25.8 Å². The van der Waals surface area contributed by atoms with Crippen molar-refractivity contribution in [2.45, 2.75) is 38.0 Å². The van der Waals surface area contributed by atoms with E-state index in [4.69, 9.17) is 5.73 Å². The van der Waals surface area contributed by atoms with Gasteiger partial charge in [-0.1, -0.05) is 0 Å². The molecule has 0 spiro atoms. The lowest BCUT2D eigenvalue weighted by Crippen LogP contribution is -2.38. The van der Waals surface area contributed by atoms with E-state index in [1.165, 1.54) is 0 Å². The average Bonchev–Trinajstić information content (AvgIpc) is 2.45. The lowest BCUT2D eigenvalue weighted by atomic mass is 9.87. The summed E-state index contributed by atoms with van der Waals surface area (Å²) < 4.78 is 1.90. The molecule has 1 aromatic rings. The molecule has 0 unspecified atom stereocenters. The fourth-order valence-corrected chi connectivity index (χ4v) is 1.79. The highest BCUT2D eigenvalue weighted by Gasteiger charge is 2.29. The molecule has 1 fully saturated rings. The van der Waals surface area contributed by atoms with Gasteiger partial charge >= 0.3 is 0 Å². The van der Waals surface area contributed by atoms with Gasteiger partial charge in [-0.2, -0.15) is 5.10 Å². The van der Waals surface area contributed by atoms with Crippen molar-refractivity contribution in [3.63, 3.8) is 0 Å². The molecule has 0 saturated heterocycles. The molecule has 80 valence electrons. The second kappa shape index (κ2) is 4.29. The maximum absolute atomic E-state index is 9.44. The number of aliphatic hydroxyl groups is 1. The average molecular weight is 218 g/mol. The van der Waals surface area contributed by atoms with Crippen LogP contribution in [0.2, 0.25) is 0 Å². The van der Waals surface area contributed by atoms with Crippen LogP contribution in [-0.4, -0.2) is 20.9 Å². The number of hydrogen-bond acceptors (Lipinski definition) is 3. The molecule has 4 nitrogen and oxygen atoms in total. The highest BCUT2D eigenvalue weighted by Crippen LogP contribution is 2.32. The second-order valence-electron chi connectivity index (χ2n) is 3.76. The van der Waals surface area contributed by atoms with Crippen molar-refractivity contribution in [1.82, 2.24) is 9.78 Å². The molecule has 1 heterocycles. The van der Waals surface area contributed by atoms with E-state index in [2.05, 4.69) is 5.10 Å². The molecule has 1 atom stereocenters. The summed E-state index contributed by atoms with van der Waals surface area (Å²) in [6, 6.07) is 2.57. The fraction of sp³-hybridized carbons (Fsp3) is 0.667. The molecule has 0 aromatic carbocycles. The molecule has 5 heteroatoms. The van der Waals surface area contributed by atoms with E-state index in [1.807, 2.05) is 10.7 Å². The van der Waals surface area contributed by atoms with Crippen molar-refractivity contribution in [1.29, 1.82) is 0 Å². The van der Waals surface area contributed by atoms with Crippen LogP contribution in [0.15, 0.2) is 12.3 Å². The maximum Gasteiger partial charge on any atom is 0.0928 e. The van der Waals surface area contributed by atoms with Crippen LogP contribution in [0, 0.1) is 0 Å². The Labute approximate surface area is 89.5 Å². The summed E-state index contributed by atoms with van der Waals surface area (Å²) in [6.07, 6.45) is 3.23. The van der Waals surface area contributed by atoms with Crippen LogP contribution in [0.5, 0.6) is 0 Å². The number of rotatable bonds is 2. The Morgan fingerprint density at radius 1 is 1.64 bits per heavy atom. The summed E-state index contributed by atoms with van der Waals surface area (Å²) in [4.78, 5) is 0.